The molecule has 0 atom stereocenters. The van der Waals surface area contributed by atoms with Gasteiger partial charge in [0.05, 0.1) is 207 Å². The number of H-pyrrole nitrogens is 2. The Labute approximate surface area is 557 Å². The van der Waals surface area contributed by atoms with E-state index in [1.54, 1.807) is 28.4 Å². The Kier molecular flexibility index (Phi) is 32.3. The summed E-state index contributed by atoms with van der Waals surface area (Å²) in [6, 6.07) is 22.9. The third-order valence-electron chi connectivity index (χ3n) is 14.4. The smallest absolute Gasteiger partial charge is 0.168 e. The summed E-state index contributed by atoms with van der Waals surface area (Å²) in [5.41, 5.74) is 4.24. The molecule has 2 aliphatic rings. The molecule has 3 aromatic heterocycles. The van der Waals surface area contributed by atoms with Crippen molar-refractivity contribution in [1.82, 2.24) is 39.9 Å². The molecule has 0 spiro atoms. The minimum absolute atomic E-state index is 0.210. The van der Waals surface area contributed by atoms with Gasteiger partial charge in [-0.15, -0.1) is 0 Å². The summed E-state index contributed by atoms with van der Waals surface area (Å²) in [5, 5.41) is 2.66. The van der Waals surface area contributed by atoms with Gasteiger partial charge in [0.2, 0.25) is 0 Å². The highest BCUT2D eigenvalue weighted by Crippen LogP contribution is 2.44. The van der Waals surface area contributed by atoms with Gasteiger partial charge in [0.25, 0.3) is 0 Å². The molecule has 5 heterocycles. The normalized spacial score (nSPS) is 11.9. The van der Waals surface area contributed by atoms with Gasteiger partial charge in [-0.05, 0) is 24.3 Å². The van der Waals surface area contributed by atoms with Gasteiger partial charge in [-0.3, -0.25) is 0 Å². The molecule has 7 aromatic rings. The van der Waals surface area contributed by atoms with Crippen LogP contribution in [0.5, 0.6) is 23.0 Å². The van der Waals surface area contributed by atoms with Crippen LogP contribution < -0.4 is 18.9 Å². The van der Waals surface area contributed by atoms with Crippen molar-refractivity contribution >= 4 is 44.1 Å². The van der Waals surface area contributed by atoms with E-state index in [0.717, 1.165) is 0 Å². The Morgan fingerprint density at radius 1 is 0.240 bits per heavy atom. The number of nitrogens with zero attached hydrogens (tertiary/aromatic N) is 6. The van der Waals surface area contributed by atoms with Crippen molar-refractivity contribution in [2.75, 3.05) is 240 Å². The summed E-state index contributed by atoms with van der Waals surface area (Å²) in [5.74, 6) is 3.42. The monoisotopic (exact) mass is 1340 g/mol. The maximum absolute atomic E-state index is 6.56. The lowest BCUT2D eigenvalue weighted by molar-refractivity contribution is 0.000185. The van der Waals surface area contributed by atoms with Gasteiger partial charge in [-0.2, -0.15) is 0 Å². The minimum atomic E-state index is 0.210. The molecule has 4 aromatic carbocycles. The van der Waals surface area contributed by atoms with Crippen LogP contribution in [0, 0.1) is 0 Å². The van der Waals surface area contributed by atoms with Gasteiger partial charge < -0.3 is 105 Å². The molecule has 0 fully saturated rings. The van der Waals surface area contributed by atoms with Crippen molar-refractivity contribution in [3.05, 3.63) is 72.8 Å². The molecule has 0 aliphatic carbocycles. The molecule has 28 nitrogen and oxygen atoms in total. The molecular formula is C68H90N8O20. The van der Waals surface area contributed by atoms with E-state index >= 15 is 0 Å². The molecular weight excluding hydrogens is 1250 g/mol. The van der Waals surface area contributed by atoms with Crippen molar-refractivity contribution in [3.8, 4) is 68.5 Å². The Balaban J connectivity index is 1.07. The summed E-state index contributed by atoms with van der Waals surface area (Å²) >= 11 is 0. The average molecular weight is 1340 g/mol. The fraction of sp³-hybridized carbons (Fsp3) is 0.529. The molecule has 522 valence electrons. The zero-order valence-electron chi connectivity index (χ0n) is 55.4. The predicted molar refractivity (Wildman–Crippen MR) is 355 cm³/mol. The van der Waals surface area contributed by atoms with Crippen molar-refractivity contribution in [2.45, 2.75) is 0 Å². The largest absolute Gasteiger partial charge is 0.490 e. The van der Waals surface area contributed by atoms with E-state index in [9.17, 15) is 0 Å². The zero-order chi connectivity index (χ0) is 66.5. The highest BCUT2D eigenvalue weighted by Gasteiger charge is 2.28. The molecule has 0 saturated carbocycles. The van der Waals surface area contributed by atoms with Crippen LogP contribution in [0.25, 0.3) is 89.7 Å². The van der Waals surface area contributed by atoms with Gasteiger partial charge >= 0.3 is 0 Å². The van der Waals surface area contributed by atoms with Gasteiger partial charge in [0.15, 0.2) is 23.3 Å². The molecule has 2 N–H and O–H groups in total. The van der Waals surface area contributed by atoms with Crippen molar-refractivity contribution < 1.29 is 94.7 Å². The van der Waals surface area contributed by atoms with E-state index < -0.39 is 0 Å². The number of benzene rings is 4. The summed E-state index contributed by atoms with van der Waals surface area (Å²) in [4.78, 5) is 38.9. The first-order valence-corrected chi connectivity index (χ1v) is 32.3. The fourth-order valence-electron chi connectivity index (χ4n) is 9.92. The third-order valence-corrected chi connectivity index (χ3v) is 14.4. The summed E-state index contributed by atoms with van der Waals surface area (Å²) in [7, 11) is 6.55. The van der Waals surface area contributed by atoms with Crippen LogP contribution in [-0.2, 0) is 75.8 Å². The molecule has 0 unspecified atom stereocenters. The maximum Gasteiger partial charge on any atom is 0.168 e. The van der Waals surface area contributed by atoms with E-state index in [-0.39, 0.29) is 52.9 Å². The van der Waals surface area contributed by atoms with Gasteiger partial charge in [0.1, 0.15) is 72.0 Å². The molecule has 28 heteroatoms. The second kappa shape index (κ2) is 42.5. The lowest BCUT2D eigenvalue weighted by Crippen LogP contribution is -2.13. The standard InChI is InChI=1S/C68H90N8O20/c1-77-17-21-81-25-29-85-33-37-89-41-45-93-53-13-5-9-49-57(53)65-70-61(49)69-62-50-10-6-15-55(95-47-43-91-39-35-87-31-27-83-23-19-79-3)59(50)67(71-62)76-68-60-52(12-8-16-56(60)96-48-44-92-40-36-88-32-28-84-24-20-80-4)64(75-68)74-66-58-51(63(72-65)73-66)11-7-14-54(58)94-46-42-90-38-34-86-30-26-82-22-18-78-2/h5-16H,17-48H2,1-4H3,(H2,69,70,71,72,73,74,75,76). The van der Waals surface area contributed by atoms with Crippen molar-refractivity contribution in [2.24, 2.45) is 0 Å². The Morgan fingerprint density at radius 3 is 0.792 bits per heavy atom. The van der Waals surface area contributed by atoms with E-state index in [4.69, 9.17) is 125 Å². The highest BCUT2D eigenvalue weighted by atomic mass is 16.6. The fourth-order valence-corrected chi connectivity index (χ4v) is 9.92. The average Bonchev–Trinajstić information content (AvgIpc) is 1.59. The molecule has 8 bridgehead atoms. The number of methoxy groups -OCH3 is 4. The second-order valence-corrected chi connectivity index (χ2v) is 21.0. The first kappa shape index (κ1) is 73.1. The van der Waals surface area contributed by atoms with Crippen molar-refractivity contribution in [3.63, 3.8) is 0 Å². The van der Waals surface area contributed by atoms with Gasteiger partial charge in [0, 0.05) is 50.3 Å². The third kappa shape index (κ3) is 22.4. The number of ether oxygens (including phenoxy) is 20. The summed E-state index contributed by atoms with van der Waals surface area (Å²) in [6.45, 7) is 12.8. The quantitative estimate of drug-likeness (QED) is 0.0357. The highest BCUT2D eigenvalue weighted by molar-refractivity contribution is 6.10. The van der Waals surface area contributed by atoms with E-state index in [1.807, 2.05) is 72.8 Å². The summed E-state index contributed by atoms with van der Waals surface area (Å²) < 4.78 is 115. The Hall–Kier alpha value is -7.20. The van der Waals surface area contributed by atoms with Crippen LogP contribution in [0.4, 0.5) is 0 Å². The first-order chi connectivity index (χ1) is 47.6. The maximum atomic E-state index is 6.56. The van der Waals surface area contributed by atoms with Crippen LogP contribution in [0.1, 0.15) is 0 Å². The SMILES string of the molecule is COCCOCCOCCOCCOc1cccc2c1-c1nc-2nc2[nH]c(nc3nc(nc4[nH]c(n1)c1cccc(OCCOCCOCCOCCOC)c41)-c1c(OCCOCCOCCOCCOC)cccc1-3)c1cccc(OCCOCCOCCOCCOC)c21. The van der Waals surface area contributed by atoms with E-state index in [1.165, 1.54) is 0 Å². The minimum Gasteiger partial charge on any atom is -0.490 e. The first-order valence-electron chi connectivity index (χ1n) is 32.3. The van der Waals surface area contributed by atoms with E-state index in [0.29, 0.717) is 271 Å². The summed E-state index contributed by atoms with van der Waals surface area (Å²) in [6.07, 6.45) is 0. The molecule has 0 amide bonds. The van der Waals surface area contributed by atoms with Gasteiger partial charge in [-0.1, -0.05) is 48.5 Å². The van der Waals surface area contributed by atoms with E-state index in [2.05, 4.69) is 9.97 Å². The number of rotatable bonds is 52. The number of hydrogen-bond acceptors (Lipinski definition) is 26. The number of nitrogens with one attached hydrogen (secondary N) is 2. The molecule has 0 saturated heterocycles. The number of aromatic amines is 2. The second-order valence-electron chi connectivity index (χ2n) is 21.0. The molecule has 2 aliphatic heterocycles. The Bertz CT molecular complexity index is 3580. The zero-order valence-corrected chi connectivity index (χ0v) is 55.4. The van der Waals surface area contributed by atoms with Gasteiger partial charge in [-0.25, -0.2) is 29.9 Å². The number of fused-ring (bicyclic) bond motifs is 20. The van der Waals surface area contributed by atoms with Crippen LogP contribution in [-0.4, -0.2) is 280 Å². The lowest BCUT2D eigenvalue weighted by Gasteiger charge is -2.11. The van der Waals surface area contributed by atoms with Crippen molar-refractivity contribution in [1.29, 1.82) is 0 Å². The number of hydrogen-bond donors (Lipinski definition) is 2. The van der Waals surface area contributed by atoms with Crippen LogP contribution >= 0.6 is 0 Å². The number of aromatic nitrogens is 8. The topological polar surface area (TPSA) is 294 Å². The lowest BCUT2D eigenvalue weighted by atomic mass is 10.1. The molecule has 0 radical (unpaired) electrons. The van der Waals surface area contributed by atoms with Crippen LogP contribution in [0.2, 0.25) is 0 Å². The van der Waals surface area contributed by atoms with Crippen LogP contribution in [0.15, 0.2) is 72.8 Å². The predicted octanol–water partition coefficient (Wildman–Crippen LogP) is 7.17. The molecule has 9 rings (SSSR count). The Morgan fingerprint density at radius 2 is 0.479 bits per heavy atom. The van der Waals surface area contributed by atoms with Crippen LogP contribution in [0.3, 0.4) is 0 Å². The molecule has 96 heavy (non-hydrogen) atoms.